The van der Waals surface area contributed by atoms with Gasteiger partial charge in [0.25, 0.3) is 0 Å². The van der Waals surface area contributed by atoms with Crippen molar-refractivity contribution < 1.29 is 17.7 Å². The molecule has 9 heteroatoms. The number of piperazine rings is 1. The molecular weight excluding hydrogens is 392 g/mol. The average molecular weight is 421 g/mol. The van der Waals surface area contributed by atoms with Gasteiger partial charge in [0.05, 0.1) is 6.54 Å². The van der Waals surface area contributed by atoms with E-state index in [2.05, 4.69) is 29.5 Å². The fourth-order valence-corrected chi connectivity index (χ4v) is 5.30. The Kier molecular flexibility index (Phi) is 6.71. The minimum atomic E-state index is -3.63. The third-order valence-electron chi connectivity index (χ3n) is 5.24. The van der Waals surface area contributed by atoms with E-state index in [4.69, 9.17) is 4.52 Å². The number of hydrogen-bond acceptors (Lipinski definition) is 6. The lowest BCUT2D eigenvalue weighted by Gasteiger charge is -2.33. The van der Waals surface area contributed by atoms with Gasteiger partial charge in [-0.3, -0.25) is 9.69 Å². The summed E-state index contributed by atoms with van der Waals surface area (Å²) in [7, 11) is -3.63. The van der Waals surface area contributed by atoms with E-state index >= 15 is 0 Å². The van der Waals surface area contributed by atoms with Crippen LogP contribution in [0.3, 0.4) is 0 Å². The zero-order chi connectivity index (χ0) is 21.0. The molecule has 0 bridgehead atoms. The molecule has 1 aliphatic rings. The molecule has 158 valence electrons. The number of nitrogens with one attached hydrogen (secondary N) is 1. The van der Waals surface area contributed by atoms with E-state index in [-0.39, 0.29) is 17.3 Å². The first-order chi connectivity index (χ1) is 13.8. The lowest BCUT2D eigenvalue weighted by atomic mass is 10.1. The monoisotopic (exact) mass is 420 g/mol. The highest BCUT2D eigenvalue weighted by molar-refractivity contribution is 7.89. The summed E-state index contributed by atoms with van der Waals surface area (Å²) in [6, 6.07) is 8.14. The molecule has 3 rings (SSSR count). The molecule has 2 heterocycles. The molecule has 1 fully saturated rings. The maximum Gasteiger partial charge on any atom is 0.248 e. The number of nitrogens with zero attached hydrogens (tertiary/aromatic N) is 3. The summed E-state index contributed by atoms with van der Waals surface area (Å²) in [5.74, 6) is 0.263. The van der Waals surface area contributed by atoms with Gasteiger partial charge in [-0.2, -0.15) is 4.31 Å². The summed E-state index contributed by atoms with van der Waals surface area (Å²) in [4.78, 5) is 14.4. The van der Waals surface area contributed by atoms with Crippen LogP contribution in [-0.4, -0.2) is 68.0 Å². The largest absolute Gasteiger partial charge is 0.360 e. The Labute approximate surface area is 171 Å². The van der Waals surface area contributed by atoms with Crippen LogP contribution in [0.15, 0.2) is 33.7 Å². The second-order valence-electron chi connectivity index (χ2n) is 7.36. The summed E-state index contributed by atoms with van der Waals surface area (Å²) in [5, 5.41) is 6.69. The maximum atomic E-state index is 12.9. The van der Waals surface area contributed by atoms with Crippen molar-refractivity contribution in [3.05, 3.63) is 46.8 Å². The van der Waals surface area contributed by atoms with E-state index in [9.17, 15) is 13.2 Å². The van der Waals surface area contributed by atoms with E-state index in [1.807, 2.05) is 17.0 Å². The number of amides is 1. The van der Waals surface area contributed by atoms with Crippen molar-refractivity contribution in [2.45, 2.75) is 32.1 Å². The van der Waals surface area contributed by atoms with Crippen LogP contribution < -0.4 is 5.32 Å². The molecule has 0 unspecified atom stereocenters. The summed E-state index contributed by atoms with van der Waals surface area (Å²) in [6.45, 7) is 7.84. The first-order valence-corrected chi connectivity index (χ1v) is 11.2. The molecule has 0 spiro atoms. The fourth-order valence-electron chi connectivity index (χ4n) is 3.59. The number of hydrogen-bond donors (Lipinski definition) is 1. The molecular formula is C20H28N4O4S. The number of carbonyl (C=O) groups excluding carboxylic acids is 1. The van der Waals surface area contributed by atoms with Crippen molar-refractivity contribution in [1.82, 2.24) is 19.7 Å². The standard InChI is InChI=1S/C20H28N4O4S/c1-15-6-4-5-7-18(15)8-9-21-19(25)14-23-10-12-24(13-11-23)29(26,27)20-16(2)22-28-17(20)3/h4-7H,8-14H2,1-3H3,(H,21,25). The normalized spacial score (nSPS) is 16.1. The number of benzene rings is 1. The van der Waals surface area contributed by atoms with Gasteiger partial charge in [0.2, 0.25) is 15.9 Å². The SMILES string of the molecule is Cc1ccccc1CCNC(=O)CN1CCN(S(=O)(=O)c2c(C)noc2C)CC1. The van der Waals surface area contributed by atoms with E-state index in [0.29, 0.717) is 44.2 Å². The summed E-state index contributed by atoms with van der Waals surface area (Å²) < 4.78 is 32.1. The third kappa shape index (κ3) is 5.04. The van der Waals surface area contributed by atoms with Crippen LogP contribution in [0.2, 0.25) is 0 Å². The van der Waals surface area contributed by atoms with Gasteiger partial charge in [-0.05, 0) is 38.3 Å². The molecule has 1 amide bonds. The van der Waals surface area contributed by atoms with Crippen LogP contribution in [-0.2, 0) is 21.2 Å². The van der Waals surface area contributed by atoms with Crippen LogP contribution >= 0.6 is 0 Å². The Morgan fingerprint density at radius 1 is 1.14 bits per heavy atom. The summed E-state index contributed by atoms with van der Waals surface area (Å²) >= 11 is 0. The van der Waals surface area contributed by atoms with E-state index in [1.165, 1.54) is 15.4 Å². The van der Waals surface area contributed by atoms with Crippen LogP contribution in [0.5, 0.6) is 0 Å². The van der Waals surface area contributed by atoms with Crippen molar-refractivity contribution in [3.63, 3.8) is 0 Å². The molecule has 0 aliphatic carbocycles. The quantitative estimate of drug-likeness (QED) is 0.725. The number of sulfonamides is 1. The van der Waals surface area contributed by atoms with Crippen LogP contribution in [0, 0.1) is 20.8 Å². The van der Waals surface area contributed by atoms with Crippen molar-refractivity contribution in [3.8, 4) is 0 Å². The Balaban J connectivity index is 1.46. The van der Waals surface area contributed by atoms with Gasteiger partial charge in [-0.1, -0.05) is 29.4 Å². The predicted molar refractivity (Wildman–Crippen MR) is 109 cm³/mol. The number of rotatable bonds is 7. The topological polar surface area (TPSA) is 95.8 Å². The van der Waals surface area contributed by atoms with Crippen LogP contribution in [0.1, 0.15) is 22.6 Å². The van der Waals surface area contributed by atoms with Gasteiger partial charge >= 0.3 is 0 Å². The Hall–Kier alpha value is -2.23. The average Bonchev–Trinajstić information content (AvgIpc) is 3.03. The van der Waals surface area contributed by atoms with Crippen LogP contribution in [0.4, 0.5) is 0 Å². The zero-order valence-corrected chi connectivity index (χ0v) is 18.0. The smallest absolute Gasteiger partial charge is 0.248 e. The first-order valence-electron chi connectivity index (χ1n) is 9.75. The lowest BCUT2D eigenvalue weighted by molar-refractivity contribution is -0.122. The molecule has 2 aromatic rings. The van der Waals surface area contributed by atoms with Gasteiger partial charge in [0, 0.05) is 32.7 Å². The van der Waals surface area contributed by atoms with E-state index < -0.39 is 10.0 Å². The second kappa shape index (κ2) is 9.06. The molecule has 0 atom stereocenters. The number of aromatic nitrogens is 1. The highest BCUT2D eigenvalue weighted by Crippen LogP contribution is 2.24. The van der Waals surface area contributed by atoms with Gasteiger partial charge in [0.15, 0.2) is 5.76 Å². The molecule has 1 saturated heterocycles. The Morgan fingerprint density at radius 3 is 2.45 bits per heavy atom. The molecule has 8 nitrogen and oxygen atoms in total. The van der Waals surface area contributed by atoms with Crippen molar-refractivity contribution in [2.24, 2.45) is 0 Å². The number of carbonyl (C=O) groups is 1. The van der Waals surface area contributed by atoms with Gasteiger partial charge in [-0.25, -0.2) is 8.42 Å². The third-order valence-corrected chi connectivity index (χ3v) is 7.39. The molecule has 0 radical (unpaired) electrons. The van der Waals surface area contributed by atoms with Gasteiger partial charge in [0.1, 0.15) is 10.6 Å². The van der Waals surface area contributed by atoms with Crippen molar-refractivity contribution in [1.29, 1.82) is 0 Å². The minimum absolute atomic E-state index is 0.0411. The summed E-state index contributed by atoms with van der Waals surface area (Å²) in [6.07, 6.45) is 0.794. The summed E-state index contributed by atoms with van der Waals surface area (Å²) in [5.41, 5.74) is 2.82. The Bertz CT molecular complexity index is 943. The molecule has 1 aromatic heterocycles. The number of aryl methyl sites for hydroxylation is 3. The van der Waals surface area contributed by atoms with Gasteiger partial charge < -0.3 is 9.84 Å². The van der Waals surface area contributed by atoms with Crippen molar-refractivity contribution in [2.75, 3.05) is 39.3 Å². The lowest BCUT2D eigenvalue weighted by Crippen LogP contribution is -2.51. The second-order valence-corrected chi connectivity index (χ2v) is 9.23. The molecule has 1 N–H and O–H groups in total. The van der Waals surface area contributed by atoms with Gasteiger partial charge in [-0.15, -0.1) is 0 Å². The highest BCUT2D eigenvalue weighted by Gasteiger charge is 2.33. The molecule has 29 heavy (non-hydrogen) atoms. The molecule has 0 saturated carbocycles. The van der Waals surface area contributed by atoms with E-state index in [0.717, 1.165) is 6.42 Å². The zero-order valence-electron chi connectivity index (χ0n) is 17.1. The van der Waals surface area contributed by atoms with E-state index in [1.54, 1.807) is 13.8 Å². The minimum Gasteiger partial charge on any atom is -0.360 e. The fraction of sp³-hybridized carbons (Fsp3) is 0.500. The highest BCUT2D eigenvalue weighted by atomic mass is 32.2. The maximum absolute atomic E-state index is 12.9. The predicted octanol–water partition coefficient (Wildman–Crippen LogP) is 1.27. The molecule has 1 aromatic carbocycles. The molecule has 1 aliphatic heterocycles. The van der Waals surface area contributed by atoms with Crippen LogP contribution in [0.25, 0.3) is 0 Å². The Morgan fingerprint density at radius 2 is 1.83 bits per heavy atom. The van der Waals surface area contributed by atoms with Crippen molar-refractivity contribution >= 4 is 15.9 Å². The first kappa shape index (κ1) is 21.5.